The first-order valence-electron chi connectivity index (χ1n) is 6.68. The van der Waals surface area contributed by atoms with Crippen LogP contribution in [0.5, 0.6) is 5.75 Å². The molecule has 0 spiro atoms. The zero-order chi connectivity index (χ0) is 14.6. The molecular formula is C13H22O5Si2. The summed E-state index contributed by atoms with van der Waals surface area (Å²) >= 11 is 0. The Hall–Kier alpha value is -0.706. The maximum atomic E-state index is 5.75. The largest absolute Gasteiger partial charge is 0.522 e. The van der Waals surface area contributed by atoms with Gasteiger partial charge in [-0.25, -0.2) is 0 Å². The molecule has 1 aromatic carbocycles. The second-order valence-corrected chi connectivity index (χ2v) is 9.53. The second kappa shape index (κ2) is 6.83. The lowest BCUT2D eigenvalue weighted by Crippen LogP contribution is -2.43. The normalized spacial score (nSPS) is 18.5. The van der Waals surface area contributed by atoms with Crippen molar-refractivity contribution in [2.45, 2.75) is 25.6 Å². The average molecular weight is 314 g/mol. The molecule has 0 amide bonds. The minimum atomic E-state index is -2.50. The smallest absolute Gasteiger partial charge is 0.500 e. The highest BCUT2D eigenvalue weighted by Crippen LogP contribution is 2.27. The summed E-state index contributed by atoms with van der Waals surface area (Å²) in [5.74, 6) is 0.966. The van der Waals surface area contributed by atoms with Gasteiger partial charge in [0.25, 0.3) is 0 Å². The summed E-state index contributed by atoms with van der Waals surface area (Å²) in [4.78, 5) is 0. The molecule has 1 aliphatic heterocycles. The number of aryl methyl sites for hydroxylation is 1. The van der Waals surface area contributed by atoms with Gasteiger partial charge in [0, 0.05) is 32.9 Å². The summed E-state index contributed by atoms with van der Waals surface area (Å²) in [5, 5.41) is 0. The van der Waals surface area contributed by atoms with Gasteiger partial charge in [-0.3, -0.25) is 0 Å². The molecule has 1 atom stereocenters. The van der Waals surface area contributed by atoms with Crippen LogP contribution in [-0.4, -0.2) is 39.4 Å². The van der Waals surface area contributed by atoms with Crippen molar-refractivity contribution in [3.63, 3.8) is 0 Å². The van der Waals surface area contributed by atoms with Crippen LogP contribution in [-0.2, 0) is 30.7 Å². The molecule has 20 heavy (non-hydrogen) atoms. The van der Waals surface area contributed by atoms with Crippen LogP contribution in [0, 0.1) is 0 Å². The Bertz CT molecular complexity index is 442. The van der Waals surface area contributed by atoms with Crippen molar-refractivity contribution in [1.29, 1.82) is 0 Å². The second-order valence-electron chi connectivity index (χ2n) is 4.73. The molecule has 0 saturated heterocycles. The Morgan fingerprint density at radius 1 is 1.20 bits per heavy atom. The van der Waals surface area contributed by atoms with E-state index >= 15 is 0 Å². The van der Waals surface area contributed by atoms with Gasteiger partial charge in [-0.15, -0.1) is 0 Å². The zero-order valence-electron chi connectivity index (χ0n) is 12.5. The van der Waals surface area contributed by atoms with Gasteiger partial charge in [0.05, 0.1) is 6.61 Å². The average Bonchev–Trinajstić information content (AvgIpc) is 2.49. The number of hydrogen-bond donors (Lipinski definition) is 0. The number of fused-ring (bicyclic) bond motifs is 1. The Morgan fingerprint density at radius 2 is 1.90 bits per heavy atom. The van der Waals surface area contributed by atoms with Crippen LogP contribution in [0.25, 0.3) is 0 Å². The minimum absolute atomic E-state index is 0.651. The van der Waals surface area contributed by atoms with E-state index in [-0.39, 0.29) is 0 Å². The standard InChI is InChI=1S/C13H22O5Si2/c1-14-20(15-2,16-3)8-7-11-5-6-13-12(9-11)10-17-19(4)18-13/h5-6,9,19H,7-8,10H2,1-4H3. The van der Waals surface area contributed by atoms with Crippen LogP contribution in [0.1, 0.15) is 11.1 Å². The predicted molar refractivity (Wildman–Crippen MR) is 80.2 cm³/mol. The fourth-order valence-electron chi connectivity index (χ4n) is 2.29. The molecule has 5 nitrogen and oxygen atoms in total. The van der Waals surface area contributed by atoms with Crippen LogP contribution in [0.15, 0.2) is 18.2 Å². The van der Waals surface area contributed by atoms with Gasteiger partial charge >= 0.3 is 18.1 Å². The summed E-state index contributed by atoms with van der Waals surface area (Å²) in [6, 6.07) is 7.01. The van der Waals surface area contributed by atoms with Crippen molar-refractivity contribution in [3.8, 4) is 5.75 Å². The van der Waals surface area contributed by atoms with Gasteiger partial charge in [-0.05, 0) is 30.7 Å². The Kier molecular flexibility index (Phi) is 5.36. The SMILES string of the molecule is CO[Si](CCc1ccc2c(c1)CO[SiH](C)O2)(OC)OC. The molecule has 112 valence electrons. The van der Waals surface area contributed by atoms with E-state index in [4.69, 9.17) is 22.1 Å². The minimum Gasteiger partial charge on any atom is -0.522 e. The molecule has 0 fully saturated rings. The van der Waals surface area contributed by atoms with E-state index in [0.29, 0.717) is 6.61 Å². The van der Waals surface area contributed by atoms with E-state index in [9.17, 15) is 0 Å². The third-order valence-electron chi connectivity index (χ3n) is 3.54. The van der Waals surface area contributed by atoms with Gasteiger partial charge in [-0.1, -0.05) is 6.07 Å². The quantitative estimate of drug-likeness (QED) is 0.750. The zero-order valence-corrected chi connectivity index (χ0v) is 14.6. The summed E-state index contributed by atoms with van der Waals surface area (Å²) in [6.07, 6.45) is 0.849. The first-order valence-corrected chi connectivity index (χ1v) is 10.7. The molecule has 0 N–H and O–H groups in total. The lowest BCUT2D eigenvalue weighted by atomic mass is 10.1. The molecular weight excluding hydrogens is 292 g/mol. The fourth-order valence-corrected chi connectivity index (χ4v) is 5.07. The van der Waals surface area contributed by atoms with Crippen molar-refractivity contribution in [2.24, 2.45) is 0 Å². The summed E-state index contributed by atoms with van der Waals surface area (Å²) in [6.45, 7) is 2.69. The molecule has 1 aliphatic rings. The number of hydrogen-bond acceptors (Lipinski definition) is 5. The number of rotatable bonds is 6. The fraction of sp³-hybridized carbons (Fsp3) is 0.538. The molecule has 7 heteroatoms. The highest BCUT2D eigenvalue weighted by molar-refractivity contribution is 6.60. The highest BCUT2D eigenvalue weighted by atomic mass is 28.4. The van der Waals surface area contributed by atoms with Crippen LogP contribution in [0.4, 0.5) is 0 Å². The van der Waals surface area contributed by atoms with Crippen molar-refractivity contribution in [3.05, 3.63) is 29.3 Å². The predicted octanol–water partition coefficient (Wildman–Crippen LogP) is 1.87. The highest BCUT2D eigenvalue weighted by Gasteiger charge is 2.37. The van der Waals surface area contributed by atoms with E-state index < -0.39 is 18.1 Å². The third-order valence-corrected chi connectivity index (χ3v) is 7.49. The summed E-state index contributed by atoms with van der Waals surface area (Å²) < 4.78 is 27.7. The number of benzene rings is 1. The molecule has 0 radical (unpaired) electrons. The lowest BCUT2D eigenvalue weighted by Gasteiger charge is -2.25. The van der Waals surface area contributed by atoms with Gasteiger partial charge in [0.1, 0.15) is 5.75 Å². The molecule has 0 bridgehead atoms. The van der Waals surface area contributed by atoms with Gasteiger partial charge in [-0.2, -0.15) is 0 Å². The Labute approximate surface area is 123 Å². The molecule has 0 aliphatic carbocycles. The molecule has 2 rings (SSSR count). The van der Waals surface area contributed by atoms with Gasteiger partial charge in [0.15, 0.2) is 0 Å². The van der Waals surface area contributed by atoms with E-state index in [1.807, 2.05) is 12.6 Å². The lowest BCUT2D eigenvalue weighted by molar-refractivity contribution is 0.123. The maximum Gasteiger partial charge on any atom is 0.500 e. The van der Waals surface area contributed by atoms with Crippen LogP contribution >= 0.6 is 0 Å². The monoisotopic (exact) mass is 314 g/mol. The Balaban J connectivity index is 2.04. The summed E-state index contributed by atoms with van der Waals surface area (Å²) in [5.41, 5.74) is 2.34. The van der Waals surface area contributed by atoms with Crippen molar-refractivity contribution in [1.82, 2.24) is 0 Å². The first kappa shape index (κ1) is 15.7. The first-order chi connectivity index (χ1) is 9.62. The third kappa shape index (κ3) is 3.49. The van der Waals surface area contributed by atoms with Crippen molar-refractivity contribution < 1.29 is 22.1 Å². The maximum absolute atomic E-state index is 5.75. The molecule has 0 saturated carbocycles. The van der Waals surface area contributed by atoms with E-state index in [1.54, 1.807) is 21.3 Å². The van der Waals surface area contributed by atoms with E-state index in [2.05, 4.69) is 12.1 Å². The van der Waals surface area contributed by atoms with Gasteiger partial charge < -0.3 is 22.1 Å². The Morgan fingerprint density at radius 3 is 2.55 bits per heavy atom. The van der Waals surface area contributed by atoms with Crippen LogP contribution < -0.4 is 4.43 Å². The van der Waals surface area contributed by atoms with E-state index in [0.717, 1.165) is 23.8 Å². The molecule has 1 aromatic rings. The molecule has 1 heterocycles. The molecule has 0 aromatic heterocycles. The van der Waals surface area contributed by atoms with Crippen molar-refractivity contribution >= 4 is 18.1 Å². The van der Waals surface area contributed by atoms with E-state index in [1.165, 1.54) is 5.56 Å². The van der Waals surface area contributed by atoms with Crippen molar-refractivity contribution in [2.75, 3.05) is 21.3 Å². The summed E-state index contributed by atoms with van der Waals surface area (Å²) in [7, 11) is 0.954. The van der Waals surface area contributed by atoms with Crippen LogP contribution in [0.2, 0.25) is 12.6 Å². The van der Waals surface area contributed by atoms with Crippen LogP contribution in [0.3, 0.4) is 0 Å². The van der Waals surface area contributed by atoms with Gasteiger partial charge in [0.2, 0.25) is 0 Å². The topological polar surface area (TPSA) is 46.2 Å². The molecule has 1 unspecified atom stereocenters.